The van der Waals surface area contributed by atoms with Crippen LogP contribution in [-0.2, 0) is 13.7 Å². The first kappa shape index (κ1) is 5.17. The zero-order valence-electron chi connectivity index (χ0n) is 4.50. The highest BCUT2D eigenvalue weighted by molar-refractivity contribution is 4.65. The monoisotopic (exact) mass is 115 g/mol. The third-order valence-electron chi connectivity index (χ3n) is 0.731. The van der Waals surface area contributed by atoms with Crippen LogP contribution in [0.25, 0.3) is 0 Å². The highest BCUT2D eigenvalue weighted by Gasteiger charge is 2.03. The van der Waals surface area contributed by atoms with E-state index in [1.54, 1.807) is 7.05 Å². The molecule has 1 aromatic rings. The summed E-state index contributed by atoms with van der Waals surface area (Å²) in [5, 5.41) is 18.2. The van der Waals surface area contributed by atoms with Gasteiger partial charge in [-0.25, -0.2) is 0 Å². The highest BCUT2D eigenvalue weighted by Crippen LogP contribution is 1.75. The Hall–Kier alpha value is -0.970. The lowest BCUT2D eigenvalue weighted by atomic mass is 10.7. The number of aliphatic hydroxyl groups excluding tert-OH is 1. The molecule has 0 unspecified atom stereocenters. The molecule has 5 nitrogen and oxygen atoms in total. The lowest BCUT2D eigenvalue weighted by Gasteiger charge is -1.68. The van der Waals surface area contributed by atoms with Crippen molar-refractivity contribution in [2.75, 3.05) is 0 Å². The Balaban J connectivity index is 2.84. The van der Waals surface area contributed by atoms with Crippen LogP contribution in [-0.4, -0.2) is 20.5 Å². The molecule has 44 valence electrons. The number of aromatic nitrogens is 4. The Morgan fingerprint density at radius 2 is 2.62 bits per heavy atom. The zero-order chi connectivity index (χ0) is 5.98. The van der Waals surface area contributed by atoms with Crippen molar-refractivity contribution in [2.24, 2.45) is 7.05 Å². The normalized spacial score (nSPS) is 9.75. The fourth-order valence-corrected chi connectivity index (χ4v) is 0.415. The molecule has 0 atom stereocenters. The minimum Gasteiger partial charge on any atom is -0.386 e. The molecule has 0 fully saturated rings. The van der Waals surface area contributed by atoms with E-state index in [0.29, 0.717) is 5.82 Å². The smallest absolute Gasteiger partial charge is 0.333 e. The number of hydrogen-bond donors (Lipinski definition) is 2. The van der Waals surface area contributed by atoms with Crippen molar-refractivity contribution in [3.05, 3.63) is 5.82 Å². The predicted octanol–water partition coefficient (Wildman–Crippen LogP) is -1.88. The average Bonchev–Trinajstić information content (AvgIpc) is 2.14. The molecule has 0 aliphatic carbocycles. The van der Waals surface area contributed by atoms with Crippen LogP contribution < -0.4 is 4.80 Å². The van der Waals surface area contributed by atoms with Crippen LogP contribution in [0.1, 0.15) is 5.82 Å². The van der Waals surface area contributed by atoms with Gasteiger partial charge in [0.05, 0.1) is 5.10 Å². The van der Waals surface area contributed by atoms with Crippen molar-refractivity contribution in [1.82, 2.24) is 15.4 Å². The van der Waals surface area contributed by atoms with Gasteiger partial charge in [0.25, 0.3) is 0 Å². The third kappa shape index (κ3) is 0.812. The van der Waals surface area contributed by atoms with E-state index in [2.05, 4.69) is 15.4 Å². The van der Waals surface area contributed by atoms with Crippen molar-refractivity contribution in [3.8, 4) is 0 Å². The number of H-pyrrole nitrogens is 1. The zero-order valence-corrected chi connectivity index (χ0v) is 4.50. The molecule has 1 aromatic heterocycles. The second kappa shape index (κ2) is 1.87. The Morgan fingerprint density at radius 1 is 1.88 bits per heavy atom. The summed E-state index contributed by atoms with van der Waals surface area (Å²) in [7, 11) is 1.70. The summed E-state index contributed by atoms with van der Waals surface area (Å²) < 4.78 is 0. The van der Waals surface area contributed by atoms with Crippen LogP contribution in [0.5, 0.6) is 0 Å². The van der Waals surface area contributed by atoms with Gasteiger partial charge in [0, 0.05) is 0 Å². The maximum absolute atomic E-state index is 8.39. The number of nitrogens with zero attached hydrogens (tertiary/aromatic N) is 3. The summed E-state index contributed by atoms with van der Waals surface area (Å²) in [5.74, 6) is 0.410. The Bertz CT molecular complexity index is 172. The van der Waals surface area contributed by atoms with Crippen molar-refractivity contribution in [2.45, 2.75) is 6.61 Å². The third-order valence-corrected chi connectivity index (χ3v) is 0.731. The van der Waals surface area contributed by atoms with Crippen LogP contribution in [0.3, 0.4) is 0 Å². The van der Waals surface area contributed by atoms with E-state index in [1.165, 1.54) is 4.80 Å². The minimum absolute atomic E-state index is 0.114. The van der Waals surface area contributed by atoms with Crippen LogP contribution in [0, 0.1) is 0 Å². The minimum atomic E-state index is -0.114. The van der Waals surface area contributed by atoms with E-state index in [-0.39, 0.29) is 6.61 Å². The molecule has 0 bridgehead atoms. The predicted molar refractivity (Wildman–Crippen MR) is 23.5 cm³/mol. The first-order valence-corrected chi connectivity index (χ1v) is 2.21. The summed E-state index contributed by atoms with van der Waals surface area (Å²) in [6.07, 6.45) is 0. The summed E-state index contributed by atoms with van der Waals surface area (Å²) in [4.78, 5) is 1.42. The van der Waals surface area contributed by atoms with E-state index >= 15 is 0 Å². The van der Waals surface area contributed by atoms with E-state index in [4.69, 9.17) is 5.11 Å². The van der Waals surface area contributed by atoms with Crippen molar-refractivity contribution < 1.29 is 9.90 Å². The lowest BCUT2D eigenvalue weighted by molar-refractivity contribution is -0.784. The molecule has 0 aromatic carbocycles. The Labute approximate surface area is 45.9 Å². The second-order valence-electron chi connectivity index (χ2n) is 1.41. The van der Waals surface area contributed by atoms with Gasteiger partial charge in [-0.2, -0.15) is 0 Å². The van der Waals surface area contributed by atoms with Gasteiger partial charge < -0.3 is 5.11 Å². The average molecular weight is 115 g/mol. The van der Waals surface area contributed by atoms with E-state index in [1.807, 2.05) is 0 Å². The van der Waals surface area contributed by atoms with E-state index < -0.39 is 0 Å². The molecule has 0 aliphatic heterocycles. The van der Waals surface area contributed by atoms with Gasteiger partial charge in [0.15, 0.2) is 0 Å². The van der Waals surface area contributed by atoms with Gasteiger partial charge in [-0.3, -0.25) is 0 Å². The Morgan fingerprint density at radius 3 is 2.88 bits per heavy atom. The van der Waals surface area contributed by atoms with Gasteiger partial charge in [0.2, 0.25) is 0 Å². The molecular weight excluding hydrogens is 108 g/mol. The second-order valence-corrected chi connectivity index (χ2v) is 1.41. The fraction of sp³-hybridized carbons (Fsp3) is 0.667. The first-order valence-electron chi connectivity index (χ1n) is 2.21. The van der Waals surface area contributed by atoms with Crippen molar-refractivity contribution >= 4 is 0 Å². The van der Waals surface area contributed by atoms with Crippen LogP contribution in [0.15, 0.2) is 0 Å². The molecule has 1 rings (SSSR count). The summed E-state index contributed by atoms with van der Waals surface area (Å²) >= 11 is 0. The van der Waals surface area contributed by atoms with Crippen molar-refractivity contribution in [3.63, 3.8) is 0 Å². The number of rotatable bonds is 1. The molecule has 1 heterocycles. The topological polar surface area (TPSA) is 65.7 Å². The molecule has 0 saturated heterocycles. The number of nitrogens with one attached hydrogen (secondary N) is 1. The molecule has 0 spiro atoms. The maximum Gasteiger partial charge on any atom is 0.333 e. The van der Waals surface area contributed by atoms with Crippen LogP contribution in [0.4, 0.5) is 0 Å². The molecule has 0 aliphatic rings. The number of tetrazole rings is 1. The van der Waals surface area contributed by atoms with Gasteiger partial charge in [-0.15, -0.1) is 0 Å². The molecule has 0 radical (unpaired) electrons. The largest absolute Gasteiger partial charge is 0.386 e. The standard InChI is InChI=1S/C3H6N4O/c1-7-5-3(2-8)4-6-7/h8H,2H2,1H3/p+1. The Kier molecular flexibility index (Phi) is 1.21. The van der Waals surface area contributed by atoms with Gasteiger partial charge >= 0.3 is 5.82 Å². The van der Waals surface area contributed by atoms with E-state index in [9.17, 15) is 0 Å². The molecule has 2 N–H and O–H groups in total. The number of aromatic amines is 1. The fourth-order valence-electron chi connectivity index (χ4n) is 0.415. The van der Waals surface area contributed by atoms with Gasteiger partial charge in [0.1, 0.15) is 13.7 Å². The van der Waals surface area contributed by atoms with Crippen LogP contribution >= 0.6 is 0 Å². The summed E-state index contributed by atoms with van der Waals surface area (Å²) in [5.41, 5.74) is 0. The highest BCUT2D eigenvalue weighted by atomic mass is 16.3. The van der Waals surface area contributed by atoms with Crippen molar-refractivity contribution in [1.29, 1.82) is 0 Å². The molecular formula is C3H7N4O+. The number of aliphatic hydroxyl groups is 1. The summed E-state index contributed by atoms with van der Waals surface area (Å²) in [6, 6.07) is 0. The first-order chi connectivity index (χ1) is 3.83. The number of aryl methyl sites for hydroxylation is 1. The SMILES string of the molecule is C[n+]1nc(CO)n[nH]1. The van der Waals surface area contributed by atoms with Gasteiger partial charge in [-0.1, -0.05) is 4.80 Å². The van der Waals surface area contributed by atoms with E-state index in [0.717, 1.165) is 0 Å². The molecule has 8 heavy (non-hydrogen) atoms. The molecule has 0 saturated carbocycles. The quantitative estimate of drug-likeness (QED) is 0.421. The summed E-state index contributed by atoms with van der Waals surface area (Å²) in [6.45, 7) is -0.114. The van der Waals surface area contributed by atoms with Gasteiger partial charge in [-0.05, 0) is 10.3 Å². The maximum atomic E-state index is 8.39. The number of hydrogen-bond acceptors (Lipinski definition) is 3. The molecule has 0 amide bonds. The molecule has 5 heteroatoms. The lowest BCUT2D eigenvalue weighted by Crippen LogP contribution is -2.33. The van der Waals surface area contributed by atoms with Crippen LogP contribution in [0.2, 0.25) is 0 Å².